The first-order valence-corrected chi connectivity index (χ1v) is 17.9. The molecule has 4 rings (SSSR count). The van der Waals surface area contributed by atoms with Crippen molar-refractivity contribution in [2.24, 2.45) is 28.6 Å². The van der Waals surface area contributed by atoms with Crippen LogP contribution in [0.1, 0.15) is 79.4 Å². The number of piperidine rings is 1. The van der Waals surface area contributed by atoms with E-state index in [1.165, 1.54) is 6.08 Å². The average Bonchev–Trinajstić information content (AvgIpc) is 3.35. The highest BCUT2D eigenvalue weighted by Crippen LogP contribution is 2.65. The summed E-state index contributed by atoms with van der Waals surface area (Å²) in [5, 5.41) is 11.2. The molecule has 6 atom stereocenters. The summed E-state index contributed by atoms with van der Waals surface area (Å²) < 4.78 is 0. The lowest BCUT2D eigenvalue weighted by Crippen LogP contribution is -2.62. The second kappa shape index (κ2) is 15.3. The van der Waals surface area contributed by atoms with Crippen LogP contribution in [0.25, 0.3) is 0 Å². The highest BCUT2D eigenvalue weighted by Gasteiger charge is 2.70. The van der Waals surface area contributed by atoms with Crippen molar-refractivity contribution in [2.45, 2.75) is 105 Å². The molecule has 1 saturated carbocycles. The summed E-state index contributed by atoms with van der Waals surface area (Å²) in [7, 11) is 0. The smallest absolute Gasteiger partial charge is 0.315 e. The lowest BCUT2D eigenvalue weighted by Gasteiger charge is -2.38. The zero-order valence-corrected chi connectivity index (χ0v) is 30.9. The molecule has 6 amide bonds. The fourth-order valence-electron chi connectivity index (χ4n) is 7.47. The Hall–Kier alpha value is -4.22. The van der Waals surface area contributed by atoms with E-state index in [1.807, 2.05) is 65.8 Å². The predicted molar refractivity (Wildman–Crippen MR) is 190 cm³/mol. The van der Waals surface area contributed by atoms with Gasteiger partial charge in [0.25, 0.3) is 5.91 Å². The molecule has 3 aliphatic rings. The maximum absolute atomic E-state index is 14.4. The number of fused-ring (bicyclic) bond motifs is 2. The molecule has 2 aliphatic heterocycles. The van der Waals surface area contributed by atoms with E-state index in [0.717, 1.165) is 11.1 Å². The van der Waals surface area contributed by atoms with Crippen LogP contribution in [0.15, 0.2) is 36.9 Å². The second-order valence-corrected chi connectivity index (χ2v) is 16.1. The van der Waals surface area contributed by atoms with Gasteiger partial charge in [0, 0.05) is 26.2 Å². The number of hydrogen-bond donors (Lipinski definition) is 4. The Morgan fingerprint density at radius 2 is 1.70 bits per heavy atom. The molecule has 1 saturated heterocycles. The minimum absolute atomic E-state index is 0.000543. The number of amides is 6. The third-order valence-corrected chi connectivity index (χ3v) is 10.7. The van der Waals surface area contributed by atoms with Crippen LogP contribution in [0.3, 0.4) is 0 Å². The number of carbonyl (C=O) groups excluding carboxylic acids is 6. The third kappa shape index (κ3) is 8.38. The van der Waals surface area contributed by atoms with Crippen LogP contribution < -0.4 is 21.3 Å². The summed E-state index contributed by atoms with van der Waals surface area (Å²) in [4.78, 5) is 83.8. The number of hydrogen-bond acceptors (Lipinski definition) is 6. The summed E-state index contributed by atoms with van der Waals surface area (Å²) in [6.07, 6.45) is 2.60. The van der Waals surface area contributed by atoms with Gasteiger partial charge in [0.05, 0.1) is 18.5 Å². The monoisotopic (exact) mass is 692 g/mol. The van der Waals surface area contributed by atoms with E-state index in [2.05, 4.69) is 41.7 Å². The molecule has 1 aliphatic carbocycles. The number of rotatable bonds is 14. The van der Waals surface area contributed by atoms with Crippen molar-refractivity contribution in [1.29, 1.82) is 0 Å². The third-order valence-electron chi connectivity index (χ3n) is 10.7. The van der Waals surface area contributed by atoms with Crippen molar-refractivity contribution in [3.8, 4) is 0 Å². The zero-order valence-electron chi connectivity index (χ0n) is 30.9. The van der Waals surface area contributed by atoms with Crippen LogP contribution in [0.5, 0.6) is 0 Å². The first-order valence-electron chi connectivity index (χ1n) is 17.9. The number of nitrogens with one attached hydrogen (secondary N) is 4. The number of ketones is 1. The van der Waals surface area contributed by atoms with Gasteiger partial charge >= 0.3 is 6.03 Å². The first-order chi connectivity index (χ1) is 23.4. The summed E-state index contributed by atoms with van der Waals surface area (Å²) in [5.41, 5.74) is 1.19. The zero-order chi connectivity index (χ0) is 37.1. The van der Waals surface area contributed by atoms with Gasteiger partial charge in [-0.15, -0.1) is 6.58 Å². The molecule has 274 valence electrons. The molecule has 0 spiro atoms. The van der Waals surface area contributed by atoms with Gasteiger partial charge in [-0.25, -0.2) is 4.79 Å². The van der Waals surface area contributed by atoms with E-state index in [1.54, 1.807) is 9.80 Å². The van der Waals surface area contributed by atoms with Gasteiger partial charge in [-0.2, -0.15) is 0 Å². The van der Waals surface area contributed by atoms with Crippen LogP contribution in [-0.4, -0.2) is 89.0 Å². The molecule has 1 aromatic carbocycles. The lowest BCUT2D eigenvalue weighted by atomic mass is 9.85. The Morgan fingerprint density at radius 3 is 2.30 bits per heavy atom. The van der Waals surface area contributed by atoms with Gasteiger partial charge in [0.2, 0.25) is 23.5 Å². The predicted octanol–water partition coefficient (Wildman–Crippen LogP) is 2.95. The maximum atomic E-state index is 14.4. The first kappa shape index (κ1) is 38.6. The van der Waals surface area contributed by atoms with Gasteiger partial charge in [-0.3, -0.25) is 24.0 Å². The van der Waals surface area contributed by atoms with Crippen molar-refractivity contribution >= 4 is 35.4 Å². The fourth-order valence-corrected chi connectivity index (χ4v) is 7.47. The van der Waals surface area contributed by atoms with Gasteiger partial charge in [0.15, 0.2) is 0 Å². The second-order valence-electron chi connectivity index (χ2n) is 16.1. The fraction of sp³-hybridized carbons (Fsp3) is 0.632. The molecule has 2 fully saturated rings. The minimum atomic E-state index is -1.04. The molecule has 12 nitrogen and oxygen atoms in total. The number of nitrogens with zero attached hydrogens (tertiary/aromatic N) is 2. The van der Waals surface area contributed by atoms with Crippen molar-refractivity contribution in [3.63, 3.8) is 0 Å². The molecule has 1 unspecified atom stereocenters. The molecular weight excluding hydrogens is 636 g/mol. The van der Waals surface area contributed by atoms with E-state index < -0.39 is 47.2 Å². The van der Waals surface area contributed by atoms with Gasteiger partial charge in [-0.1, -0.05) is 92.2 Å². The maximum Gasteiger partial charge on any atom is 0.315 e. The Balaban J connectivity index is 1.49. The normalized spacial score (nSPS) is 22.4. The summed E-state index contributed by atoms with van der Waals surface area (Å²) >= 11 is 0. The highest BCUT2D eigenvalue weighted by atomic mass is 16.2. The number of urea groups is 1. The standard InChI is InChI=1S/C38H56N6O6/c1-10-14-26(31(46)34(48)39-17-11-2)40-33(47)30-29-25(38(29,8)9)20-44(30)35(49)32(37(5,6)7)42-36(50)41-27(22(3)4)21-43-19-24-16-13-12-15-23(24)18-28(43)45/h11-13,15-16,22,25-27,29-30,32H,2,10,14,17-21H2,1,3-9H3,(H,39,48)(H,40,47)(H2,41,42,50)/t25-,26?,27+,29-,30-,32+/m0/s1. The van der Waals surface area contributed by atoms with E-state index >= 15 is 0 Å². The largest absolute Gasteiger partial charge is 0.346 e. The van der Waals surface area contributed by atoms with E-state index in [-0.39, 0.29) is 54.0 Å². The number of benzene rings is 1. The molecule has 0 aromatic heterocycles. The Kier molecular flexibility index (Phi) is 11.8. The van der Waals surface area contributed by atoms with Gasteiger partial charge in [0.1, 0.15) is 12.1 Å². The van der Waals surface area contributed by atoms with Crippen LogP contribution >= 0.6 is 0 Å². The van der Waals surface area contributed by atoms with Crippen molar-refractivity contribution in [1.82, 2.24) is 31.1 Å². The quantitative estimate of drug-likeness (QED) is 0.174. The molecule has 2 heterocycles. The molecule has 0 bridgehead atoms. The Labute approximate surface area is 296 Å². The molecule has 12 heteroatoms. The summed E-state index contributed by atoms with van der Waals surface area (Å²) in [6.45, 7) is 20.3. The van der Waals surface area contributed by atoms with Gasteiger partial charge in [-0.05, 0) is 46.1 Å². The average molecular weight is 693 g/mol. The number of Topliss-reactive ketones (excluding diaryl/α,β-unsaturated/α-hetero) is 1. The van der Waals surface area contributed by atoms with Crippen molar-refractivity contribution < 1.29 is 28.8 Å². The summed E-state index contributed by atoms with van der Waals surface area (Å²) in [5.74, 6) is -2.48. The van der Waals surface area contributed by atoms with E-state index in [9.17, 15) is 28.8 Å². The molecular formula is C38H56N6O6. The SMILES string of the molecule is C=CCNC(=O)C(=O)C(CCC)NC(=O)[C@@H]1[C@@H]2[C@H](CN1C(=O)[C@@H](NC(=O)N[C@H](CN1Cc3ccccc3CC1=O)C(C)C)C(C)(C)C)C2(C)C. The summed E-state index contributed by atoms with van der Waals surface area (Å²) in [6, 6.07) is 4.06. The molecule has 50 heavy (non-hydrogen) atoms. The van der Waals surface area contributed by atoms with Crippen molar-refractivity contribution in [2.75, 3.05) is 19.6 Å². The number of likely N-dealkylation sites (tertiary alicyclic amines) is 1. The van der Waals surface area contributed by atoms with E-state index in [4.69, 9.17) is 0 Å². The highest BCUT2D eigenvalue weighted by molar-refractivity contribution is 6.38. The van der Waals surface area contributed by atoms with Crippen molar-refractivity contribution in [3.05, 3.63) is 48.0 Å². The lowest BCUT2D eigenvalue weighted by molar-refractivity contribution is -0.145. The van der Waals surface area contributed by atoms with Crippen LogP contribution in [0.2, 0.25) is 0 Å². The molecule has 1 aromatic rings. The van der Waals surface area contributed by atoms with Crippen LogP contribution in [-0.2, 0) is 36.9 Å². The van der Waals surface area contributed by atoms with Crippen LogP contribution in [0, 0.1) is 28.6 Å². The number of carbonyl (C=O) groups is 6. The van der Waals surface area contributed by atoms with Crippen LogP contribution in [0.4, 0.5) is 4.79 Å². The molecule has 0 radical (unpaired) electrons. The minimum Gasteiger partial charge on any atom is -0.346 e. The van der Waals surface area contributed by atoms with Gasteiger partial charge < -0.3 is 31.1 Å². The molecule has 4 N–H and O–H groups in total. The Bertz CT molecular complexity index is 1500. The van der Waals surface area contributed by atoms with E-state index in [0.29, 0.717) is 32.5 Å². The topological polar surface area (TPSA) is 157 Å². The Morgan fingerprint density at radius 1 is 1.04 bits per heavy atom.